The number of esters is 1. The van der Waals surface area contributed by atoms with Gasteiger partial charge in [0.15, 0.2) is 0 Å². The fourth-order valence-corrected chi connectivity index (χ4v) is 5.23. The highest BCUT2D eigenvalue weighted by atomic mass is 19.1. The van der Waals surface area contributed by atoms with Gasteiger partial charge in [0, 0.05) is 26.1 Å². The minimum Gasteiger partial charge on any atom is -0.463 e. The van der Waals surface area contributed by atoms with Crippen LogP contribution >= 0.6 is 0 Å². The maximum Gasteiger partial charge on any atom is 0.309 e. The predicted molar refractivity (Wildman–Crippen MR) is 156 cm³/mol. The number of benzene rings is 2. The fraction of sp³-hybridized carbons (Fsp3) is 0.424. The van der Waals surface area contributed by atoms with E-state index in [-0.39, 0.29) is 55.8 Å². The number of carbonyl (C=O) groups is 3. The van der Waals surface area contributed by atoms with Gasteiger partial charge in [-0.1, -0.05) is 54.6 Å². The third kappa shape index (κ3) is 9.67. The van der Waals surface area contributed by atoms with Gasteiger partial charge in [-0.25, -0.2) is 4.39 Å². The molecule has 2 amide bonds. The Morgan fingerprint density at radius 1 is 1.02 bits per heavy atom. The lowest BCUT2D eigenvalue weighted by Crippen LogP contribution is -2.44. The van der Waals surface area contributed by atoms with Crippen LogP contribution in [0.15, 0.2) is 79.9 Å². The number of allylic oxidation sites excluding steroid dienone is 2. The van der Waals surface area contributed by atoms with Gasteiger partial charge in [0.05, 0.1) is 24.5 Å². The smallest absolute Gasteiger partial charge is 0.309 e. The molecular weight excluding hydrogens is 523 g/mol. The topological polar surface area (TPSA) is 87.2 Å². The van der Waals surface area contributed by atoms with Gasteiger partial charge in [-0.2, -0.15) is 0 Å². The number of carbonyl (C=O) groups excluding carboxylic acids is 3. The first-order valence-corrected chi connectivity index (χ1v) is 14.2. The van der Waals surface area contributed by atoms with E-state index in [1.165, 1.54) is 12.1 Å². The molecule has 2 aromatic rings. The van der Waals surface area contributed by atoms with Crippen molar-refractivity contribution in [3.63, 3.8) is 0 Å². The number of likely N-dealkylation sites (tertiary alicyclic amines) is 1. The van der Waals surface area contributed by atoms with Crippen molar-refractivity contribution in [1.82, 2.24) is 9.80 Å². The molecule has 1 aliphatic rings. The summed E-state index contributed by atoms with van der Waals surface area (Å²) in [6.07, 6.45) is 5.93. The first-order valence-electron chi connectivity index (χ1n) is 14.2. The van der Waals surface area contributed by atoms with Gasteiger partial charge in [0.25, 0.3) is 0 Å². The summed E-state index contributed by atoms with van der Waals surface area (Å²) in [5, 5.41) is 9.54. The van der Waals surface area contributed by atoms with Crippen LogP contribution in [0.1, 0.15) is 43.2 Å². The monoisotopic (exact) mass is 564 g/mol. The molecule has 0 radical (unpaired) electrons. The van der Waals surface area contributed by atoms with Gasteiger partial charge in [0.1, 0.15) is 12.4 Å². The lowest BCUT2D eigenvalue weighted by atomic mass is 9.96. The molecule has 1 fully saturated rings. The van der Waals surface area contributed by atoms with E-state index in [9.17, 15) is 23.9 Å². The third-order valence-electron chi connectivity index (χ3n) is 7.42. The summed E-state index contributed by atoms with van der Waals surface area (Å²) >= 11 is 0. The van der Waals surface area contributed by atoms with Crippen molar-refractivity contribution >= 4 is 17.8 Å². The number of hydrogen-bond acceptors (Lipinski definition) is 5. The molecule has 0 spiro atoms. The molecule has 1 N–H and O–H groups in total. The molecule has 0 aromatic heterocycles. The maximum atomic E-state index is 13.6. The number of ether oxygens (including phenoxy) is 1. The molecule has 1 heterocycles. The van der Waals surface area contributed by atoms with E-state index in [4.69, 9.17) is 4.74 Å². The Balaban J connectivity index is 1.62. The molecular formula is C33H41FN2O5. The molecule has 1 aliphatic heterocycles. The van der Waals surface area contributed by atoms with Crippen LogP contribution in [0.25, 0.3) is 0 Å². The van der Waals surface area contributed by atoms with Crippen LogP contribution in [0, 0.1) is 17.7 Å². The summed E-state index contributed by atoms with van der Waals surface area (Å²) in [6, 6.07) is 15.3. The fourth-order valence-electron chi connectivity index (χ4n) is 5.23. The molecule has 0 aliphatic carbocycles. The van der Waals surface area contributed by atoms with E-state index in [2.05, 4.69) is 13.2 Å². The van der Waals surface area contributed by atoms with Crippen LogP contribution < -0.4 is 0 Å². The van der Waals surface area contributed by atoms with Crippen molar-refractivity contribution < 1.29 is 28.6 Å². The minimum absolute atomic E-state index is 0.000225. The summed E-state index contributed by atoms with van der Waals surface area (Å²) in [5.74, 6) is -2.15. The van der Waals surface area contributed by atoms with Gasteiger partial charge in [-0.3, -0.25) is 14.4 Å². The lowest BCUT2D eigenvalue weighted by molar-refractivity contribution is -0.152. The Labute approximate surface area is 242 Å². The van der Waals surface area contributed by atoms with E-state index in [0.717, 1.165) is 17.5 Å². The van der Waals surface area contributed by atoms with Crippen molar-refractivity contribution in [3.8, 4) is 0 Å². The number of aliphatic hydroxyl groups is 1. The standard InChI is InChI=1S/C33H41FN2O5/c1-3-9-27(22-31(38)35(19-20-37)23-26-11-6-5-7-12-26)32(39)36-18-8-13-30(36)24-41-33(40)28(10-4-2)21-25-14-16-29(34)17-15-25/h3-7,11-12,14-17,27-28,30,37H,1-2,8-10,13,18-24H2/t27-,28-,30+/m0/s1. The van der Waals surface area contributed by atoms with Crippen molar-refractivity contribution in [1.29, 1.82) is 0 Å². The van der Waals surface area contributed by atoms with Crippen molar-refractivity contribution in [2.45, 2.75) is 51.1 Å². The number of amides is 2. The molecule has 41 heavy (non-hydrogen) atoms. The van der Waals surface area contributed by atoms with E-state index in [0.29, 0.717) is 38.8 Å². The Hall–Kier alpha value is -3.78. The predicted octanol–water partition coefficient (Wildman–Crippen LogP) is 4.70. The zero-order valence-corrected chi connectivity index (χ0v) is 23.6. The molecule has 3 rings (SSSR count). The van der Waals surface area contributed by atoms with Crippen molar-refractivity contribution in [2.24, 2.45) is 11.8 Å². The first kappa shape index (κ1) is 31.7. The zero-order chi connectivity index (χ0) is 29.6. The average molecular weight is 565 g/mol. The Morgan fingerprint density at radius 2 is 1.71 bits per heavy atom. The largest absolute Gasteiger partial charge is 0.463 e. The number of rotatable bonds is 16. The second kappa shape index (κ2) is 16.5. The van der Waals surface area contributed by atoms with Gasteiger partial charge < -0.3 is 19.6 Å². The molecule has 1 saturated heterocycles. The van der Waals surface area contributed by atoms with Crippen molar-refractivity contribution in [2.75, 3.05) is 26.3 Å². The van der Waals surface area contributed by atoms with E-state index in [1.54, 1.807) is 34.1 Å². The summed E-state index contributed by atoms with van der Waals surface area (Å²) in [5.41, 5.74) is 1.77. The highest BCUT2D eigenvalue weighted by Gasteiger charge is 2.35. The molecule has 0 saturated carbocycles. The molecule has 0 bridgehead atoms. The van der Waals surface area contributed by atoms with E-state index >= 15 is 0 Å². The maximum absolute atomic E-state index is 13.6. The van der Waals surface area contributed by atoms with Gasteiger partial charge >= 0.3 is 5.97 Å². The van der Waals surface area contributed by atoms with Crippen LogP contribution in [0.2, 0.25) is 0 Å². The molecule has 7 nitrogen and oxygen atoms in total. The molecule has 2 aromatic carbocycles. The molecule has 3 atom stereocenters. The Kier molecular flexibility index (Phi) is 12.8. The summed E-state index contributed by atoms with van der Waals surface area (Å²) < 4.78 is 19.0. The van der Waals surface area contributed by atoms with Gasteiger partial charge in [-0.05, 0) is 55.4 Å². The first-order chi connectivity index (χ1) is 19.9. The second-order valence-corrected chi connectivity index (χ2v) is 10.5. The normalized spacial score (nSPS) is 16.0. The van der Waals surface area contributed by atoms with Crippen LogP contribution in [-0.2, 0) is 32.1 Å². The SMILES string of the molecule is C=CC[C@@H](Cc1ccc(F)cc1)C(=O)OC[C@H]1CCCN1C(=O)[C@@H](CC=C)CC(=O)N(CCO)Cc1ccccc1. The lowest BCUT2D eigenvalue weighted by Gasteiger charge is -2.30. The van der Waals surface area contributed by atoms with Crippen LogP contribution in [-0.4, -0.2) is 65.0 Å². The Bertz CT molecular complexity index is 1150. The van der Waals surface area contributed by atoms with Gasteiger partial charge in [0.2, 0.25) is 11.8 Å². The van der Waals surface area contributed by atoms with Crippen molar-refractivity contribution in [3.05, 3.63) is 96.9 Å². The molecule has 220 valence electrons. The second-order valence-electron chi connectivity index (χ2n) is 10.5. The number of nitrogens with zero attached hydrogens (tertiary/aromatic N) is 2. The van der Waals surface area contributed by atoms with Crippen LogP contribution in [0.3, 0.4) is 0 Å². The molecule has 8 heteroatoms. The van der Waals surface area contributed by atoms with E-state index < -0.39 is 11.8 Å². The highest BCUT2D eigenvalue weighted by molar-refractivity contribution is 5.86. The number of hydrogen-bond donors (Lipinski definition) is 1. The Morgan fingerprint density at radius 3 is 2.37 bits per heavy atom. The zero-order valence-electron chi connectivity index (χ0n) is 23.6. The number of aliphatic hydroxyl groups excluding tert-OH is 1. The van der Waals surface area contributed by atoms with Crippen LogP contribution in [0.5, 0.6) is 0 Å². The summed E-state index contributed by atoms with van der Waals surface area (Å²) in [6.45, 7) is 8.48. The number of halogens is 1. The third-order valence-corrected chi connectivity index (χ3v) is 7.42. The highest BCUT2D eigenvalue weighted by Crippen LogP contribution is 2.25. The minimum atomic E-state index is -0.597. The van der Waals surface area contributed by atoms with Gasteiger partial charge in [-0.15, -0.1) is 13.2 Å². The summed E-state index contributed by atoms with van der Waals surface area (Å²) in [4.78, 5) is 43.2. The molecule has 0 unspecified atom stereocenters. The van der Waals surface area contributed by atoms with E-state index in [1.807, 2.05) is 30.3 Å². The summed E-state index contributed by atoms with van der Waals surface area (Å²) in [7, 11) is 0. The quantitative estimate of drug-likeness (QED) is 0.236. The average Bonchev–Trinajstić information content (AvgIpc) is 3.45. The van der Waals surface area contributed by atoms with Crippen LogP contribution in [0.4, 0.5) is 4.39 Å².